The molecule has 9 heteroatoms. The summed E-state index contributed by atoms with van der Waals surface area (Å²) in [5.41, 5.74) is 4.13. The van der Waals surface area contributed by atoms with E-state index in [1.54, 1.807) is 11.4 Å². The second kappa shape index (κ2) is 8.69. The average Bonchev–Trinajstić information content (AvgIpc) is 3.25. The molecule has 0 saturated heterocycles. The lowest BCUT2D eigenvalue weighted by atomic mass is 10.1. The zero-order valence-corrected chi connectivity index (χ0v) is 18.1. The van der Waals surface area contributed by atoms with Gasteiger partial charge in [0.05, 0.1) is 12.2 Å². The first-order chi connectivity index (χ1) is 13.9. The number of ether oxygens (including phenoxy) is 1. The molecule has 0 bridgehead atoms. The molecule has 1 amide bonds. The van der Waals surface area contributed by atoms with Crippen LogP contribution >= 0.6 is 11.3 Å². The third-order valence-corrected chi connectivity index (χ3v) is 5.95. The van der Waals surface area contributed by atoms with Crippen molar-refractivity contribution in [3.05, 3.63) is 39.3 Å². The molecule has 0 radical (unpaired) electrons. The molecule has 0 spiro atoms. The van der Waals surface area contributed by atoms with Crippen molar-refractivity contribution in [2.24, 2.45) is 0 Å². The number of fused-ring (bicyclic) bond motifs is 1. The van der Waals surface area contributed by atoms with Crippen LogP contribution in [-0.4, -0.2) is 38.1 Å². The highest BCUT2D eigenvalue weighted by Gasteiger charge is 2.23. The first-order valence-electron chi connectivity index (χ1n) is 9.62. The van der Waals surface area contributed by atoms with Gasteiger partial charge in [-0.3, -0.25) is 4.79 Å². The quantitative estimate of drug-likeness (QED) is 0.594. The van der Waals surface area contributed by atoms with Crippen LogP contribution < -0.4 is 5.32 Å². The third-order valence-electron chi connectivity index (χ3n) is 4.89. The van der Waals surface area contributed by atoms with Crippen LogP contribution in [0.15, 0.2) is 6.33 Å². The van der Waals surface area contributed by atoms with Crippen LogP contribution in [0.25, 0.3) is 5.78 Å². The lowest BCUT2D eigenvalue weighted by Crippen LogP contribution is -2.16. The molecule has 8 nitrogen and oxygen atoms in total. The van der Waals surface area contributed by atoms with E-state index in [-0.39, 0.29) is 12.3 Å². The molecule has 0 unspecified atom stereocenters. The van der Waals surface area contributed by atoms with Crippen LogP contribution in [0.1, 0.15) is 58.0 Å². The fraction of sp³-hybridized carbons (Fsp3) is 0.450. The molecule has 0 aliphatic heterocycles. The second-order valence-corrected chi connectivity index (χ2v) is 7.92. The number of aryl methyl sites for hydroxylation is 3. The highest BCUT2D eigenvalue weighted by atomic mass is 32.1. The average molecular weight is 416 g/mol. The van der Waals surface area contributed by atoms with Crippen LogP contribution in [0, 0.1) is 20.8 Å². The number of hydrogen-bond acceptors (Lipinski definition) is 7. The fourth-order valence-electron chi connectivity index (χ4n) is 3.46. The number of nitrogens with one attached hydrogen (secondary N) is 1. The van der Waals surface area contributed by atoms with Crippen molar-refractivity contribution >= 4 is 34.0 Å². The number of carbonyl (C=O) groups is 2. The van der Waals surface area contributed by atoms with Crippen molar-refractivity contribution in [1.29, 1.82) is 0 Å². The maximum absolute atomic E-state index is 12.7. The Morgan fingerprint density at radius 1 is 1.21 bits per heavy atom. The molecule has 0 aliphatic rings. The van der Waals surface area contributed by atoms with Crippen LogP contribution in [0.3, 0.4) is 0 Å². The van der Waals surface area contributed by atoms with Crippen molar-refractivity contribution in [2.45, 2.75) is 53.9 Å². The number of amides is 1. The SMILES string of the molecule is CCOC(=O)c1c(NC(=O)CCc2c(C)nc3ncnn3c2C)sc(C)c1CC. The zero-order chi connectivity index (χ0) is 21.1. The number of carbonyl (C=O) groups excluding carboxylic acids is 2. The van der Waals surface area contributed by atoms with E-state index in [1.807, 2.05) is 27.7 Å². The van der Waals surface area contributed by atoms with Gasteiger partial charge in [0.25, 0.3) is 5.78 Å². The lowest BCUT2D eigenvalue weighted by Gasteiger charge is -2.11. The normalized spacial score (nSPS) is 11.1. The van der Waals surface area contributed by atoms with Gasteiger partial charge in [0.1, 0.15) is 11.3 Å². The molecule has 3 rings (SSSR count). The van der Waals surface area contributed by atoms with Gasteiger partial charge in [-0.25, -0.2) is 14.3 Å². The predicted molar refractivity (Wildman–Crippen MR) is 112 cm³/mol. The highest BCUT2D eigenvalue weighted by Crippen LogP contribution is 2.34. The van der Waals surface area contributed by atoms with Gasteiger partial charge >= 0.3 is 5.97 Å². The number of anilines is 1. The Labute approximate surface area is 173 Å². The molecule has 1 N–H and O–H groups in total. The summed E-state index contributed by atoms with van der Waals surface area (Å²) in [4.78, 5) is 34.6. The summed E-state index contributed by atoms with van der Waals surface area (Å²) in [6.45, 7) is 9.85. The van der Waals surface area contributed by atoms with Gasteiger partial charge in [-0.15, -0.1) is 11.3 Å². The molecule has 3 aromatic rings. The fourth-order valence-corrected chi connectivity index (χ4v) is 4.61. The Morgan fingerprint density at radius 2 is 1.97 bits per heavy atom. The topological polar surface area (TPSA) is 98.5 Å². The molecule has 0 fully saturated rings. The predicted octanol–water partition coefficient (Wildman–Crippen LogP) is 3.42. The minimum absolute atomic E-state index is 0.156. The minimum Gasteiger partial charge on any atom is -0.462 e. The summed E-state index contributed by atoms with van der Waals surface area (Å²) in [7, 11) is 0. The molecule has 3 aromatic heterocycles. The van der Waals surface area contributed by atoms with Gasteiger partial charge < -0.3 is 10.1 Å². The van der Waals surface area contributed by atoms with E-state index in [2.05, 4.69) is 20.4 Å². The van der Waals surface area contributed by atoms with Crippen molar-refractivity contribution < 1.29 is 14.3 Å². The number of thiophene rings is 1. The van der Waals surface area contributed by atoms with Crippen LogP contribution in [0.4, 0.5) is 5.00 Å². The molecular weight excluding hydrogens is 390 g/mol. The molecule has 0 aromatic carbocycles. The Balaban J connectivity index is 1.77. The van der Waals surface area contributed by atoms with Crippen LogP contribution in [0.5, 0.6) is 0 Å². The number of aromatic nitrogens is 4. The van der Waals surface area contributed by atoms with E-state index >= 15 is 0 Å². The zero-order valence-electron chi connectivity index (χ0n) is 17.3. The van der Waals surface area contributed by atoms with E-state index in [9.17, 15) is 9.59 Å². The molecule has 0 aliphatic carbocycles. The summed E-state index contributed by atoms with van der Waals surface area (Å²) in [5.74, 6) is 0.00176. The maximum Gasteiger partial charge on any atom is 0.341 e. The van der Waals surface area contributed by atoms with Crippen molar-refractivity contribution in [1.82, 2.24) is 19.6 Å². The smallest absolute Gasteiger partial charge is 0.341 e. The van der Waals surface area contributed by atoms with Crippen molar-refractivity contribution in [2.75, 3.05) is 11.9 Å². The lowest BCUT2D eigenvalue weighted by molar-refractivity contribution is -0.116. The summed E-state index contributed by atoms with van der Waals surface area (Å²) >= 11 is 1.41. The second-order valence-electron chi connectivity index (χ2n) is 6.70. The molecular formula is C20H25N5O3S. The number of esters is 1. The van der Waals surface area contributed by atoms with Crippen LogP contribution in [0.2, 0.25) is 0 Å². The van der Waals surface area contributed by atoms with Crippen molar-refractivity contribution in [3.8, 4) is 0 Å². The van der Waals surface area contributed by atoms with Gasteiger partial charge in [0, 0.05) is 22.7 Å². The molecule has 3 heterocycles. The van der Waals surface area contributed by atoms with E-state index in [4.69, 9.17) is 4.74 Å². The van der Waals surface area contributed by atoms with Gasteiger partial charge in [-0.1, -0.05) is 6.92 Å². The van der Waals surface area contributed by atoms with Gasteiger partial charge in [0.2, 0.25) is 5.91 Å². The largest absolute Gasteiger partial charge is 0.462 e. The van der Waals surface area contributed by atoms with Gasteiger partial charge in [0.15, 0.2) is 0 Å². The van der Waals surface area contributed by atoms with Crippen LogP contribution in [-0.2, 0) is 22.4 Å². The van der Waals surface area contributed by atoms with Crippen molar-refractivity contribution in [3.63, 3.8) is 0 Å². The number of nitrogens with zero attached hydrogens (tertiary/aromatic N) is 4. The van der Waals surface area contributed by atoms with Gasteiger partial charge in [-0.2, -0.15) is 10.1 Å². The standard InChI is InChI=1S/C20H25N5O3S/c1-6-14-13(5)29-18(17(14)19(27)28-7-2)24-16(26)9-8-15-11(3)23-20-21-10-22-25(20)12(15)4/h10H,6-9H2,1-5H3,(H,24,26). The summed E-state index contributed by atoms with van der Waals surface area (Å²) in [6.07, 6.45) is 2.96. The summed E-state index contributed by atoms with van der Waals surface area (Å²) < 4.78 is 6.87. The van der Waals surface area contributed by atoms with E-state index in [0.29, 0.717) is 35.8 Å². The Hall–Kier alpha value is -2.81. The van der Waals surface area contributed by atoms with E-state index in [1.165, 1.54) is 17.7 Å². The van der Waals surface area contributed by atoms with Gasteiger partial charge in [-0.05, 0) is 51.7 Å². The van der Waals surface area contributed by atoms with E-state index in [0.717, 1.165) is 27.4 Å². The Bertz CT molecular complexity index is 1070. The molecule has 0 atom stereocenters. The first-order valence-corrected chi connectivity index (χ1v) is 10.4. The first kappa shape index (κ1) is 20.9. The number of hydrogen-bond donors (Lipinski definition) is 1. The highest BCUT2D eigenvalue weighted by molar-refractivity contribution is 7.16. The Kier molecular flexibility index (Phi) is 6.26. The van der Waals surface area contributed by atoms with E-state index < -0.39 is 5.97 Å². The number of rotatable bonds is 7. The molecule has 29 heavy (non-hydrogen) atoms. The third kappa shape index (κ3) is 4.14. The Morgan fingerprint density at radius 3 is 2.66 bits per heavy atom. The molecule has 154 valence electrons. The molecule has 0 saturated carbocycles. The minimum atomic E-state index is -0.392. The summed E-state index contributed by atoms with van der Waals surface area (Å²) in [6, 6.07) is 0. The monoisotopic (exact) mass is 415 g/mol. The summed E-state index contributed by atoms with van der Waals surface area (Å²) in [5, 5.41) is 7.64. The maximum atomic E-state index is 12.7.